The van der Waals surface area contributed by atoms with Gasteiger partial charge in [0.2, 0.25) is 0 Å². The normalized spacial score (nSPS) is 14.4. The zero-order chi connectivity index (χ0) is 11.9. The summed E-state index contributed by atoms with van der Waals surface area (Å²) in [6, 6.07) is 6.18. The Hall–Kier alpha value is -0.870. The lowest BCUT2D eigenvalue weighted by molar-refractivity contribution is 0.297. The van der Waals surface area contributed by atoms with Gasteiger partial charge in [0.05, 0.1) is 13.2 Å². The molecule has 0 spiro atoms. The monoisotopic (exact) mass is 253 g/mol. The van der Waals surface area contributed by atoms with Crippen LogP contribution in [-0.4, -0.2) is 31.8 Å². The SMILES string of the molecule is CSCCNCc1ccc2c(c1)OCCCO2. The van der Waals surface area contributed by atoms with Gasteiger partial charge in [0.25, 0.3) is 0 Å². The third-order valence-corrected chi connectivity index (χ3v) is 3.24. The summed E-state index contributed by atoms with van der Waals surface area (Å²) in [6.07, 6.45) is 3.07. The molecule has 1 aromatic rings. The van der Waals surface area contributed by atoms with Gasteiger partial charge in [-0.2, -0.15) is 11.8 Å². The second-order valence-electron chi connectivity index (χ2n) is 4.00. The Balaban J connectivity index is 1.93. The molecule has 0 radical (unpaired) electrons. The third kappa shape index (κ3) is 3.82. The molecular formula is C13H19NO2S. The molecule has 1 aliphatic heterocycles. The minimum atomic E-state index is 0.746. The summed E-state index contributed by atoms with van der Waals surface area (Å²) >= 11 is 1.86. The molecule has 1 aromatic carbocycles. The van der Waals surface area contributed by atoms with Crippen LogP contribution in [0.4, 0.5) is 0 Å². The van der Waals surface area contributed by atoms with Gasteiger partial charge in [0, 0.05) is 25.3 Å². The highest BCUT2D eigenvalue weighted by Gasteiger charge is 2.10. The molecule has 0 aliphatic carbocycles. The van der Waals surface area contributed by atoms with Crippen LogP contribution < -0.4 is 14.8 Å². The van der Waals surface area contributed by atoms with E-state index in [0.29, 0.717) is 0 Å². The van der Waals surface area contributed by atoms with Crippen LogP contribution >= 0.6 is 11.8 Å². The maximum absolute atomic E-state index is 5.66. The minimum Gasteiger partial charge on any atom is -0.490 e. The van der Waals surface area contributed by atoms with Crippen LogP contribution in [0, 0.1) is 0 Å². The molecule has 0 atom stereocenters. The van der Waals surface area contributed by atoms with Gasteiger partial charge in [-0.15, -0.1) is 0 Å². The number of hydrogen-bond donors (Lipinski definition) is 1. The van der Waals surface area contributed by atoms with Crippen LogP contribution in [0.15, 0.2) is 18.2 Å². The molecule has 0 saturated heterocycles. The maximum Gasteiger partial charge on any atom is 0.161 e. The lowest BCUT2D eigenvalue weighted by Gasteiger charge is -2.09. The highest BCUT2D eigenvalue weighted by Crippen LogP contribution is 2.30. The van der Waals surface area contributed by atoms with E-state index in [2.05, 4.69) is 23.7 Å². The van der Waals surface area contributed by atoms with Gasteiger partial charge in [-0.25, -0.2) is 0 Å². The largest absolute Gasteiger partial charge is 0.490 e. The second kappa shape index (κ2) is 6.77. The van der Waals surface area contributed by atoms with Crippen molar-refractivity contribution in [1.29, 1.82) is 0 Å². The Morgan fingerprint density at radius 2 is 2.06 bits per heavy atom. The number of hydrogen-bond acceptors (Lipinski definition) is 4. The van der Waals surface area contributed by atoms with E-state index >= 15 is 0 Å². The fourth-order valence-corrected chi connectivity index (χ4v) is 2.07. The fourth-order valence-electron chi connectivity index (χ4n) is 1.72. The Morgan fingerprint density at radius 1 is 1.24 bits per heavy atom. The van der Waals surface area contributed by atoms with Crippen molar-refractivity contribution in [1.82, 2.24) is 5.32 Å². The van der Waals surface area contributed by atoms with E-state index in [1.54, 1.807) is 0 Å². The van der Waals surface area contributed by atoms with Gasteiger partial charge in [-0.1, -0.05) is 6.07 Å². The number of benzene rings is 1. The first-order valence-electron chi connectivity index (χ1n) is 5.98. The minimum absolute atomic E-state index is 0.746. The van der Waals surface area contributed by atoms with Crippen LogP contribution in [0.25, 0.3) is 0 Å². The smallest absolute Gasteiger partial charge is 0.161 e. The van der Waals surface area contributed by atoms with Gasteiger partial charge < -0.3 is 14.8 Å². The van der Waals surface area contributed by atoms with Crippen molar-refractivity contribution >= 4 is 11.8 Å². The molecule has 1 aliphatic rings. The fraction of sp³-hybridized carbons (Fsp3) is 0.538. The zero-order valence-corrected chi connectivity index (χ0v) is 11.0. The van der Waals surface area contributed by atoms with Gasteiger partial charge in [0.1, 0.15) is 0 Å². The Bertz CT molecular complexity index is 357. The molecule has 1 N–H and O–H groups in total. The van der Waals surface area contributed by atoms with E-state index in [1.807, 2.05) is 17.8 Å². The van der Waals surface area contributed by atoms with E-state index in [0.717, 1.165) is 50.0 Å². The van der Waals surface area contributed by atoms with Crippen molar-refractivity contribution in [3.05, 3.63) is 23.8 Å². The van der Waals surface area contributed by atoms with E-state index in [-0.39, 0.29) is 0 Å². The van der Waals surface area contributed by atoms with Crippen LogP contribution in [0.1, 0.15) is 12.0 Å². The molecule has 2 rings (SSSR count). The molecule has 4 heteroatoms. The van der Waals surface area contributed by atoms with Crippen molar-refractivity contribution < 1.29 is 9.47 Å². The quantitative estimate of drug-likeness (QED) is 0.816. The average Bonchev–Trinajstić information content (AvgIpc) is 2.59. The van der Waals surface area contributed by atoms with Crippen molar-refractivity contribution in [2.75, 3.05) is 31.8 Å². The Morgan fingerprint density at radius 3 is 2.88 bits per heavy atom. The summed E-state index contributed by atoms with van der Waals surface area (Å²) in [7, 11) is 0. The van der Waals surface area contributed by atoms with Crippen molar-refractivity contribution in [3.63, 3.8) is 0 Å². The summed E-state index contributed by atoms with van der Waals surface area (Å²) in [4.78, 5) is 0. The molecule has 94 valence electrons. The van der Waals surface area contributed by atoms with E-state index in [9.17, 15) is 0 Å². The lowest BCUT2D eigenvalue weighted by atomic mass is 10.2. The molecule has 17 heavy (non-hydrogen) atoms. The number of ether oxygens (including phenoxy) is 2. The van der Waals surface area contributed by atoms with Gasteiger partial charge in [-0.05, 0) is 24.0 Å². The molecule has 0 saturated carbocycles. The number of rotatable bonds is 5. The first-order valence-corrected chi connectivity index (χ1v) is 7.38. The lowest BCUT2D eigenvalue weighted by Crippen LogP contribution is -2.16. The van der Waals surface area contributed by atoms with Crippen molar-refractivity contribution in [2.45, 2.75) is 13.0 Å². The number of nitrogens with one attached hydrogen (secondary N) is 1. The predicted molar refractivity (Wildman–Crippen MR) is 72.1 cm³/mol. The van der Waals surface area contributed by atoms with Crippen LogP contribution in [-0.2, 0) is 6.54 Å². The summed E-state index contributed by atoms with van der Waals surface area (Å²) in [6.45, 7) is 3.42. The summed E-state index contributed by atoms with van der Waals surface area (Å²) in [5, 5.41) is 3.41. The molecule has 0 unspecified atom stereocenters. The van der Waals surface area contributed by atoms with Crippen LogP contribution in [0.3, 0.4) is 0 Å². The first-order chi connectivity index (χ1) is 8.40. The van der Waals surface area contributed by atoms with Crippen LogP contribution in [0.5, 0.6) is 11.5 Å². The van der Waals surface area contributed by atoms with Crippen molar-refractivity contribution in [2.24, 2.45) is 0 Å². The standard InChI is InChI=1S/C13H19NO2S/c1-17-8-5-14-10-11-3-4-12-13(9-11)16-7-2-6-15-12/h3-4,9,14H,2,5-8,10H2,1H3. The van der Waals surface area contributed by atoms with E-state index in [1.165, 1.54) is 5.56 Å². The summed E-state index contributed by atoms with van der Waals surface area (Å²) < 4.78 is 11.3. The van der Waals surface area contributed by atoms with Gasteiger partial charge >= 0.3 is 0 Å². The average molecular weight is 253 g/mol. The number of fused-ring (bicyclic) bond motifs is 1. The van der Waals surface area contributed by atoms with Crippen LogP contribution in [0.2, 0.25) is 0 Å². The zero-order valence-electron chi connectivity index (χ0n) is 10.2. The Labute approximate surface area is 107 Å². The summed E-state index contributed by atoms with van der Waals surface area (Å²) in [5.41, 5.74) is 1.25. The van der Waals surface area contributed by atoms with Crippen molar-refractivity contribution in [3.8, 4) is 11.5 Å². The molecule has 0 fully saturated rings. The highest BCUT2D eigenvalue weighted by atomic mass is 32.2. The Kier molecular flexibility index (Phi) is 5.01. The third-order valence-electron chi connectivity index (χ3n) is 2.62. The van der Waals surface area contributed by atoms with Gasteiger partial charge in [-0.3, -0.25) is 0 Å². The van der Waals surface area contributed by atoms with Gasteiger partial charge in [0.15, 0.2) is 11.5 Å². The molecule has 0 amide bonds. The predicted octanol–water partition coefficient (Wildman–Crippen LogP) is 2.30. The summed E-state index contributed by atoms with van der Waals surface area (Å²) in [5.74, 6) is 2.90. The second-order valence-corrected chi connectivity index (χ2v) is 4.99. The molecule has 1 heterocycles. The molecule has 0 bridgehead atoms. The maximum atomic E-state index is 5.66. The molecule has 3 nitrogen and oxygen atoms in total. The number of thioether (sulfide) groups is 1. The van der Waals surface area contributed by atoms with E-state index in [4.69, 9.17) is 9.47 Å². The molecule has 0 aromatic heterocycles. The van der Waals surface area contributed by atoms with E-state index < -0.39 is 0 Å². The molecular weight excluding hydrogens is 234 g/mol. The first kappa shape index (κ1) is 12.6. The topological polar surface area (TPSA) is 30.5 Å². The highest BCUT2D eigenvalue weighted by molar-refractivity contribution is 7.98.